The van der Waals surface area contributed by atoms with Crippen LogP contribution in [0.3, 0.4) is 0 Å². The molecule has 5 rings (SSSR count). The summed E-state index contributed by atoms with van der Waals surface area (Å²) in [5.74, 6) is -0.907. The Hall–Kier alpha value is -4.59. The fourth-order valence-corrected chi connectivity index (χ4v) is 4.87. The molecule has 194 valence electrons. The van der Waals surface area contributed by atoms with Crippen LogP contribution in [0.2, 0.25) is 0 Å². The summed E-state index contributed by atoms with van der Waals surface area (Å²) in [4.78, 5) is 31.2. The number of nitrogens with one attached hydrogen (secondary N) is 1. The van der Waals surface area contributed by atoms with E-state index >= 15 is 0 Å². The quantitative estimate of drug-likeness (QED) is 0.187. The lowest BCUT2D eigenvalue weighted by molar-refractivity contribution is -0.139. The first kappa shape index (κ1) is 25.1. The first-order chi connectivity index (χ1) is 18.4. The van der Waals surface area contributed by atoms with Crippen LogP contribution < -0.4 is 9.47 Å². The Kier molecular flexibility index (Phi) is 6.87. The zero-order valence-corrected chi connectivity index (χ0v) is 21.0. The number of methoxy groups -OCH3 is 1. The van der Waals surface area contributed by atoms with Gasteiger partial charge in [0.1, 0.15) is 23.1 Å². The summed E-state index contributed by atoms with van der Waals surface area (Å²) in [6.45, 7) is 2.56. The van der Waals surface area contributed by atoms with Crippen molar-refractivity contribution in [1.82, 2.24) is 9.88 Å². The fourth-order valence-electron chi connectivity index (χ4n) is 4.87. The van der Waals surface area contributed by atoms with Gasteiger partial charge < -0.3 is 24.5 Å². The molecular weight excluding hydrogens is 487 g/mol. The Morgan fingerprint density at radius 3 is 2.42 bits per heavy atom. The molecule has 0 aliphatic carbocycles. The molecule has 0 unspecified atom stereocenters. The smallest absolute Gasteiger partial charge is 0.295 e. The summed E-state index contributed by atoms with van der Waals surface area (Å²) in [5, 5.41) is 12.2. The maximum atomic E-state index is 13.8. The number of ether oxygens (including phenoxy) is 2. The van der Waals surface area contributed by atoms with Crippen molar-refractivity contribution in [2.45, 2.75) is 19.4 Å². The molecule has 2 N–H and O–H groups in total. The number of aromatic amines is 1. The van der Waals surface area contributed by atoms with Gasteiger partial charge in [0, 0.05) is 29.2 Å². The van der Waals surface area contributed by atoms with E-state index in [1.54, 1.807) is 31.4 Å². The summed E-state index contributed by atoms with van der Waals surface area (Å²) >= 11 is 0. The minimum absolute atomic E-state index is 0.0358. The number of Topliss-reactive ketones (excluding diaryl/α,β-unsaturated/α-hetero) is 1. The van der Waals surface area contributed by atoms with E-state index in [-0.39, 0.29) is 17.9 Å². The van der Waals surface area contributed by atoms with Crippen LogP contribution in [0.25, 0.3) is 16.7 Å². The lowest BCUT2D eigenvalue weighted by Crippen LogP contribution is -2.31. The van der Waals surface area contributed by atoms with E-state index in [4.69, 9.17) is 9.47 Å². The van der Waals surface area contributed by atoms with E-state index in [1.807, 2.05) is 31.3 Å². The number of halogens is 1. The second-order valence-corrected chi connectivity index (χ2v) is 8.98. The molecule has 0 spiro atoms. The molecule has 1 aliphatic heterocycles. The molecule has 1 aliphatic rings. The number of aromatic nitrogens is 1. The summed E-state index contributed by atoms with van der Waals surface area (Å²) in [7, 11) is 1.60. The van der Waals surface area contributed by atoms with Crippen molar-refractivity contribution in [3.63, 3.8) is 0 Å². The number of ketones is 1. The third-order valence-electron chi connectivity index (χ3n) is 6.76. The van der Waals surface area contributed by atoms with Crippen molar-refractivity contribution >= 4 is 28.4 Å². The van der Waals surface area contributed by atoms with Crippen LogP contribution in [0.1, 0.15) is 29.7 Å². The highest BCUT2D eigenvalue weighted by molar-refractivity contribution is 6.46. The van der Waals surface area contributed by atoms with Crippen molar-refractivity contribution < 1.29 is 28.6 Å². The number of benzene rings is 3. The van der Waals surface area contributed by atoms with Gasteiger partial charge in [-0.15, -0.1) is 0 Å². The van der Waals surface area contributed by atoms with Gasteiger partial charge in [0.25, 0.3) is 11.7 Å². The minimum Gasteiger partial charge on any atom is -0.507 e. The second-order valence-electron chi connectivity index (χ2n) is 8.98. The molecule has 7 nitrogen and oxygen atoms in total. The number of likely N-dealkylation sites (tertiary alicyclic amines) is 1. The van der Waals surface area contributed by atoms with Crippen LogP contribution in [0.4, 0.5) is 4.39 Å². The maximum absolute atomic E-state index is 13.8. The number of rotatable bonds is 8. The molecule has 0 radical (unpaired) electrons. The van der Waals surface area contributed by atoms with Crippen LogP contribution in [0.5, 0.6) is 11.5 Å². The normalized spacial score (nSPS) is 16.8. The molecule has 38 heavy (non-hydrogen) atoms. The van der Waals surface area contributed by atoms with Crippen LogP contribution in [-0.2, 0) is 16.0 Å². The number of nitrogens with zero attached hydrogens (tertiary/aromatic N) is 1. The number of hydrogen-bond acceptors (Lipinski definition) is 5. The molecule has 1 saturated heterocycles. The van der Waals surface area contributed by atoms with Crippen molar-refractivity contribution in [3.05, 3.63) is 101 Å². The van der Waals surface area contributed by atoms with Gasteiger partial charge >= 0.3 is 0 Å². The van der Waals surface area contributed by atoms with Crippen molar-refractivity contribution in [3.8, 4) is 11.5 Å². The molecular formula is C30H27FN2O5. The highest BCUT2D eigenvalue weighted by atomic mass is 19.1. The van der Waals surface area contributed by atoms with Crippen molar-refractivity contribution in [1.29, 1.82) is 0 Å². The average Bonchev–Trinajstić information content (AvgIpc) is 3.45. The third kappa shape index (κ3) is 4.61. The topological polar surface area (TPSA) is 91.9 Å². The van der Waals surface area contributed by atoms with Crippen LogP contribution in [-0.4, -0.2) is 46.9 Å². The van der Waals surface area contributed by atoms with E-state index < -0.39 is 23.5 Å². The zero-order valence-electron chi connectivity index (χ0n) is 21.0. The molecule has 0 saturated carbocycles. The molecule has 2 heterocycles. The van der Waals surface area contributed by atoms with Crippen LogP contribution in [0.15, 0.2) is 78.5 Å². The summed E-state index contributed by atoms with van der Waals surface area (Å²) in [5.41, 5.74) is 2.74. The van der Waals surface area contributed by atoms with Crippen LogP contribution in [0, 0.1) is 5.82 Å². The Labute approximate surface area is 219 Å². The van der Waals surface area contributed by atoms with Gasteiger partial charge in [0.15, 0.2) is 0 Å². The Morgan fingerprint density at radius 1 is 1.03 bits per heavy atom. The summed E-state index contributed by atoms with van der Waals surface area (Å²) in [6.07, 6.45) is 2.31. The second kappa shape index (κ2) is 10.4. The number of carbonyl (C=O) groups excluding carboxylic acids is 2. The molecule has 1 fully saturated rings. The minimum atomic E-state index is -0.873. The van der Waals surface area contributed by atoms with Gasteiger partial charge in [0.2, 0.25) is 0 Å². The first-order valence-electron chi connectivity index (χ1n) is 12.3. The highest BCUT2D eigenvalue weighted by Gasteiger charge is 2.45. The van der Waals surface area contributed by atoms with Crippen molar-refractivity contribution in [2.24, 2.45) is 0 Å². The van der Waals surface area contributed by atoms with E-state index in [0.29, 0.717) is 35.7 Å². The Balaban J connectivity index is 1.53. The standard InChI is InChI=1S/C30H27FN2O5/c1-3-38-22-10-6-19(7-11-22)28(34)26-27(18-4-8-21(31)9-5-18)33(30(36)29(26)35)15-14-20-17-32-25-13-12-23(37-2)16-24(20)25/h4-13,16-17,27,32,34H,3,14-15H2,1-2H3/t27-/m0/s1. The lowest BCUT2D eigenvalue weighted by Gasteiger charge is -2.25. The number of amides is 1. The first-order valence-corrected chi connectivity index (χ1v) is 12.3. The van der Waals surface area contributed by atoms with Gasteiger partial charge in [-0.25, -0.2) is 4.39 Å². The highest BCUT2D eigenvalue weighted by Crippen LogP contribution is 2.40. The van der Waals surface area contributed by atoms with E-state index in [2.05, 4.69) is 4.98 Å². The van der Waals surface area contributed by atoms with Gasteiger partial charge in [-0.3, -0.25) is 9.59 Å². The fraction of sp³-hybridized carbons (Fsp3) is 0.200. The monoisotopic (exact) mass is 514 g/mol. The van der Waals surface area contributed by atoms with Crippen LogP contribution >= 0.6 is 0 Å². The van der Waals surface area contributed by atoms with Gasteiger partial charge in [0.05, 0.1) is 25.3 Å². The van der Waals surface area contributed by atoms with Crippen molar-refractivity contribution in [2.75, 3.05) is 20.3 Å². The predicted molar refractivity (Wildman–Crippen MR) is 142 cm³/mol. The molecule has 4 aromatic rings. The molecule has 0 bridgehead atoms. The zero-order chi connectivity index (χ0) is 26.8. The summed E-state index contributed by atoms with van der Waals surface area (Å²) in [6, 6.07) is 17.1. The van der Waals surface area contributed by atoms with Gasteiger partial charge in [-0.2, -0.15) is 0 Å². The number of hydrogen-bond donors (Lipinski definition) is 2. The number of aliphatic hydroxyl groups excluding tert-OH is 1. The molecule has 1 aromatic heterocycles. The lowest BCUT2D eigenvalue weighted by atomic mass is 9.95. The van der Waals surface area contributed by atoms with Gasteiger partial charge in [-0.1, -0.05) is 12.1 Å². The predicted octanol–water partition coefficient (Wildman–Crippen LogP) is 5.38. The third-order valence-corrected chi connectivity index (χ3v) is 6.76. The number of fused-ring (bicyclic) bond motifs is 1. The molecule has 3 aromatic carbocycles. The Morgan fingerprint density at radius 2 is 1.74 bits per heavy atom. The maximum Gasteiger partial charge on any atom is 0.295 e. The number of aliphatic hydroxyl groups is 1. The number of carbonyl (C=O) groups is 2. The van der Waals surface area contributed by atoms with Gasteiger partial charge in [-0.05, 0) is 79.1 Å². The summed E-state index contributed by atoms with van der Waals surface area (Å²) < 4.78 is 24.6. The van der Waals surface area contributed by atoms with E-state index in [0.717, 1.165) is 16.5 Å². The Bertz CT molecular complexity index is 1520. The average molecular weight is 515 g/mol. The molecule has 8 heteroatoms. The largest absolute Gasteiger partial charge is 0.507 e. The SMILES string of the molecule is CCOc1ccc(C(O)=C2C(=O)C(=O)N(CCc3c[nH]c4ccc(OC)cc34)[C@H]2c2ccc(F)cc2)cc1. The molecule has 1 amide bonds. The van der Waals surface area contributed by atoms with E-state index in [1.165, 1.54) is 29.2 Å². The number of H-pyrrole nitrogens is 1. The molecule has 1 atom stereocenters. The van der Waals surface area contributed by atoms with E-state index in [9.17, 15) is 19.1 Å².